The molecule has 0 atom stereocenters. The number of rotatable bonds is 4. The minimum atomic E-state index is -0.000431. The Bertz CT molecular complexity index is 651. The highest BCUT2D eigenvalue weighted by atomic mass is 35.5. The lowest BCUT2D eigenvalue weighted by Gasteiger charge is -2.25. The molecule has 1 saturated heterocycles. The van der Waals surface area contributed by atoms with Crippen molar-refractivity contribution in [1.29, 1.82) is 0 Å². The first-order chi connectivity index (χ1) is 10.7. The van der Waals surface area contributed by atoms with Crippen LogP contribution in [0.15, 0.2) is 48.5 Å². The highest BCUT2D eigenvalue weighted by molar-refractivity contribution is 6.31. The number of carbonyl (C=O) groups excluding carboxylic acids is 1. The molecule has 1 aliphatic heterocycles. The summed E-state index contributed by atoms with van der Waals surface area (Å²) in [5.74, 6) is -0.000431. The third-order valence-electron chi connectivity index (χ3n) is 3.96. The van der Waals surface area contributed by atoms with Crippen molar-refractivity contribution in [2.75, 3.05) is 18.4 Å². The van der Waals surface area contributed by atoms with Gasteiger partial charge in [-0.25, -0.2) is 0 Å². The Morgan fingerprint density at radius 1 is 1.09 bits per heavy atom. The van der Waals surface area contributed by atoms with Gasteiger partial charge in [0.1, 0.15) is 0 Å². The average molecular weight is 315 g/mol. The molecule has 2 N–H and O–H groups in total. The van der Waals surface area contributed by atoms with E-state index in [0.29, 0.717) is 22.2 Å². The van der Waals surface area contributed by atoms with Crippen molar-refractivity contribution in [3.63, 3.8) is 0 Å². The molecule has 1 aliphatic rings. The maximum Gasteiger partial charge on any atom is 0.195 e. The minimum absolute atomic E-state index is 0.000431. The van der Waals surface area contributed by atoms with Crippen molar-refractivity contribution in [1.82, 2.24) is 5.32 Å². The van der Waals surface area contributed by atoms with Crippen LogP contribution >= 0.6 is 11.6 Å². The zero-order chi connectivity index (χ0) is 15.4. The SMILES string of the molecule is O=C(c1ccccc1)c1cc(Cl)ccc1NC1CCNCC1. The molecule has 0 bridgehead atoms. The van der Waals surface area contributed by atoms with E-state index in [1.165, 1.54) is 0 Å². The molecule has 0 aromatic heterocycles. The molecular formula is C18H19ClN2O. The van der Waals surface area contributed by atoms with Crippen LogP contribution in [0.3, 0.4) is 0 Å². The Morgan fingerprint density at radius 3 is 2.55 bits per heavy atom. The van der Waals surface area contributed by atoms with Gasteiger partial charge in [-0.15, -0.1) is 0 Å². The first kappa shape index (κ1) is 15.1. The standard InChI is InChI=1S/C18H19ClN2O/c19-14-6-7-17(21-15-8-10-20-11-9-15)16(12-14)18(22)13-4-2-1-3-5-13/h1-7,12,15,20-21H,8-11H2. The van der Waals surface area contributed by atoms with Gasteiger partial charge in [0.15, 0.2) is 5.78 Å². The van der Waals surface area contributed by atoms with Gasteiger partial charge in [0.05, 0.1) is 0 Å². The van der Waals surface area contributed by atoms with Crippen LogP contribution in [0.1, 0.15) is 28.8 Å². The van der Waals surface area contributed by atoms with Gasteiger partial charge in [0.25, 0.3) is 0 Å². The summed E-state index contributed by atoms with van der Waals surface area (Å²) in [6.45, 7) is 2.01. The maximum absolute atomic E-state index is 12.8. The second-order valence-corrected chi connectivity index (χ2v) is 5.99. The Balaban J connectivity index is 1.89. The van der Waals surface area contributed by atoms with Crippen LogP contribution in [0.4, 0.5) is 5.69 Å². The fraction of sp³-hybridized carbons (Fsp3) is 0.278. The number of piperidine rings is 1. The molecule has 114 valence electrons. The van der Waals surface area contributed by atoms with E-state index in [4.69, 9.17) is 11.6 Å². The maximum atomic E-state index is 12.8. The van der Waals surface area contributed by atoms with Gasteiger partial charge in [0.2, 0.25) is 0 Å². The minimum Gasteiger partial charge on any atom is -0.382 e. The Kier molecular flexibility index (Phi) is 4.76. The molecular weight excluding hydrogens is 296 g/mol. The summed E-state index contributed by atoms with van der Waals surface area (Å²) in [4.78, 5) is 12.8. The molecule has 4 heteroatoms. The molecule has 0 spiro atoms. The molecule has 22 heavy (non-hydrogen) atoms. The fourth-order valence-corrected chi connectivity index (χ4v) is 2.93. The van der Waals surface area contributed by atoms with Crippen LogP contribution in [0, 0.1) is 0 Å². The molecule has 0 unspecified atom stereocenters. The van der Waals surface area contributed by atoms with Crippen LogP contribution in [0.25, 0.3) is 0 Å². The number of ketones is 1. The Hall–Kier alpha value is -1.84. The number of halogens is 1. The summed E-state index contributed by atoms with van der Waals surface area (Å²) in [7, 11) is 0. The van der Waals surface area contributed by atoms with Crippen molar-refractivity contribution in [2.45, 2.75) is 18.9 Å². The highest BCUT2D eigenvalue weighted by Crippen LogP contribution is 2.25. The summed E-state index contributed by atoms with van der Waals surface area (Å²) in [5, 5.41) is 7.43. The van der Waals surface area contributed by atoms with Crippen LogP contribution in [-0.2, 0) is 0 Å². The van der Waals surface area contributed by atoms with Crippen LogP contribution in [0.5, 0.6) is 0 Å². The molecule has 3 nitrogen and oxygen atoms in total. The topological polar surface area (TPSA) is 41.1 Å². The summed E-state index contributed by atoms with van der Waals surface area (Å²) < 4.78 is 0. The van der Waals surface area contributed by atoms with Gasteiger partial charge in [-0.05, 0) is 44.1 Å². The third-order valence-corrected chi connectivity index (χ3v) is 4.20. The Labute approximate surface area is 135 Å². The molecule has 0 radical (unpaired) electrons. The quantitative estimate of drug-likeness (QED) is 0.845. The van der Waals surface area contributed by atoms with E-state index in [-0.39, 0.29) is 5.78 Å². The third kappa shape index (κ3) is 3.49. The number of hydrogen-bond donors (Lipinski definition) is 2. The molecule has 1 heterocycles. The van der Waals surface area contributed by atoms with E-state index in [0.717, 1.165) is 31.6 Å². The van der Waals surface area contributed by atoms with Gasteiger partial charge in [-0.1, -0.05) is 41.9 Å². The second kappa shape index (κ2) is 6.95. The number of nitrogens with one attached hydrogen (secondary N) is 2. The zero-order valence-electron chi connectivity index (χ0n) is 12.3. The summed E-state index contributed by atoms with van der Waals surface area (Å²) in [6, 6.07) is 15.2. The second-order valence-electron chi connectivity index (χ2n) is 5.55. The predicted octanol–water partition coefficient (Wildman–Crippen LogP) is 3.73. The van der Waals surface area contributed by atoms with Crippen molar-refractivity contribution in [3.8, 4) is 0 Å². The lowest BCUT2D eigenvalue weighted by molar-refractivity contribution is 0.103. The smallest absolute Gasteiger partial charge is 0.195 e. The van der Waals surface area contributed by atoms with Crippen LogP contribution in [0.2, 0.25) is 5.02 Å². The van der Waals surface area contributed by atoms with Crippen LogP contribution < -0.4 is 10.6 Å². The van der Waals surface area contributed by atoms with E-state index in [2.05, 4.69) is 10.6 Å². The van der Waals surface area contributed by atoms with E-state index in [1.807, 2.05) is 42.5 Å². The van der Waals surface area contributed by atoms with Crippen molar-refractivity contribution in [3.05, 3.63) is 64.7 Å². The summed E-state index contributed by atoms with van der Waals surface area (Å²) in [5.41, 5.74) is 2.18. The van der Waals surface area contributed by atoms with Gasteiger partial charge in [0, 0.05) is 27.9 Å². The predicted molar refractivity (Wildman–Crippen MR) is 90.8 cm³/mol. The first-order valence-corrected chi connectivity index (χ1v) is 7.98. The molecule has 2 aromatic carbocycles. The Morgan fingerprint density at radius 2 is 1.82 bits per heavy atom. The molecule has 2 aromatic rings. The van der Waals surface area contributed by atoms with E-state index in [1.54, 1.807) is 6.07 Å². The van der Waals surface area contributed by atoms with Gasteiger partial charge < -0.3 is 10.6 Å². The van der Waals surface area contributed by atoms with E-state index in [9.17, 15) is 4.79 Å². The van der Waals surface area contributed by atoms with Gasteiger partial charge in [-0.3, -0.25) is 4.79 Å². The fourth-order valence-electron chi connectivity index (χ4n) is 2.76. The zero-order valence-corrected chi connectivity index (χ0v) is 13.1. The monoisotopic (exact) mass is 314 g/mol. The number of anilines is 1. The van der Waals surface area contributed by atoms with Gasteiger partial charge >= 0.3 is 0 Å². The van der Waals surface area contributed by atoms with E-state index >= 15 is 0 Å². The normalized spacial score (nSPS) is 15.5. The molecule has 0 saturated carbocycles. The molecule has 0 amide bonds. The average Bonchev–Trinajstić information content (AvgIpc) is 2.57. The lowest BCUT2D eigenvalue weighted by Crippen LogP contribution is -2.35. The molecule has 3 rings (SSSR count). The summed E-state index contributed by atoms with van der Waals surface area (Å²) >= 11 is 6.10. The van der Waals surface area contributed by atoms with Crippen molar-refractivity contribution in [2.24, 2.45) is 0 Å². The highest BCUT2D eigenvalue weighted by Gasteiger charge is 2.18. The van der Waals surface area contributed by atoms with Crippen LogP contribution in [-0.4, -0.2) is 24.9 Å². The van der Waals surface area contributed by atoms with Crippen molar-refractivity contribution < 1.29 is 4.79 Å². The number of benzene rings is 2. The van der Waals surface area contributed by atoms with Crippen molar-refractivity contribution >= 4 is 23.1 Å². The lowest BCUT2D eigenvalue weighted by atomic mass is 10.00. The first-order valence-electron chi connectivity index (χ1n) is 7.60. The molecule has 1 fully saturated rings. The summed E-state index contributed by atoms with van der Waals surface area (Å²) in [6.07, 6.45) is 2.11. The molecule has 0 aliphatic carbocycles. The number of hydrogen-bond acceptors (Lipinski definition) is 3. The van der Waals surface area contributed by atoms with Gasteiger partial charge in [-0.2, -0.15) is 0 Å². The number of carbonyl (C=O) groups is 1. The largest absolute Gasteiger partial charge is 0.382 e. The van der Waals surface area contributed by atoms with E-state index < -0.39 is 0 Å².